The summed E-state index contributed by atoms with van der Waals surface area (Å²) in [6.45, 7) is 0. The summed E-state index contributed by atoms with van der Waals surface area (Å²) in [7, 11) is 0. The molecule has 0 saturated carbocycles. The van der Waals surface area contributed by atoms with Gasteiger partial charge in [-0.2, -0.15) is 0 Å². The standard InChI is InChI=1S/C21H14N2O2/c24-19-21(15-9-3-1-4-10-15,16-11-5-2-6-12-16)22-20-23(19)17-13-7-8-14-18(17)25-20/h1-14H. The normalized spacial score (nSPS) is 16.9. The zero-order valence-corrected chi connectivity index (χ0v) is 13.3. The fourth-order valence-electron chi connectivity index (χ4n) is 3.50. The third kappa shape index (κ3) is 1.82. The molecule has 0 radical (unpaired) electrons. The molecule has 0 atom stereocenters. The first kappa shape index (κ1) is 14.0. The second-order valence-corrected chi connectivity index (χ2v) is 6.05. The smallest absolute Gasteiger partial charge is 0.306 e. The van der Waals surface area contributed by atoms with Gasteiger partial charge >= 0.3 is 6.02 Å². The predicted molar refractivity (Wildman–Crippen MR) is 95.7 cm³/mol. The van der Waals surface area contributed by atoms with Gasteiger partial charge in [-0.05, 0) is 23.3 Å². The average Bonchev–Trinajstić information content (AvgIpc) is 3.18. The number of carbonyl (C=O) groups is 1. The second kappa shape index (κ2) is 5.05. The molecule has 0 aliphatic carbocycles. The highest BCUT2D eigenvalue weighted by Gasteiger charge is 2.55. The number of para-hydroxylation sites is 2. The summed E-state index contributed by atoms with van der Waals surface area (Å²) in [6, 6.07) is 27.1. The van der Waals surface area contributed by atoms with Crippen LogP contribution in [0.1, 0.15) is 11.1 Å². The lowest BCUT2D eigenvalue weighted by molar-refractivity contribution is -0.120. The molecule has 3 aromatic carbocycles. The Labute approximate surface area is 145 Å². The molecule has 2 aliphatic rings. The molecule has 0 fully saturated rings. The zero-order chi connectivity index (χ0) is 16.9. The molecule has 0 bridgehead atoms. The highest BCUT2D eigenvalue weighted by molar-refractivity contribution is 6.26. The molecule has 2 heterocycles. The highest BCUT2D eigenvalue weighted by atomic mass is 16.5. The quantitative estimate of drug-likeness (QED) is 0.720. The van der Waals surface area contributed by atoms with E-state index in [1.54, 1.807) is 4.90 Å². The fourth-order valence-corrected chi connectivity index (χ4v) is 3.50. The molecule has 5 rings (SSSR count). The molecule has 120 valence electrons. The Kier molecular flexibility index (Phi) is 2.82. The van der Waals surface area contributed by atoms with Gasteiger partial charge < -0.3 is 4.74 Å². The molecular weight excluding hydrogens is 312 g/mol. The van der Waals surface area contributed by atoms with Crippen molar-refractivity contribution in [3.8, 4) is 5.75 Å². The Hall–Kier alpha value is -3.40. The van der Waals surface area contributed by atoms with Crippen molar-refractivity contribution in [2.45, 2.75) is 5.54 Å². The molecule has 0 spiro atoms. The van der Waals surface area contributed by atoms with E-state index in [1.807, 2.05) is 84.9 Å². The zero-order valence-electron chi connectivity index (χ0n) is 13.3. The molecule has 0 aromatic heterocycles. The number of hydrogen-bond acceptors (Lipinski definition) is 3. The predicted octanol–water partition coefficient (Wildman–Crippen LogP) is 3.73. The maximum absolute atomic E-state index is 13.6. The van der Waals surface area contributed by atoms with Gasteiger partial charge in [0, 0.05) is 0 Å². The van der Waals surface area contributed by atoms with Crippen LogP contribution < -0.4 is 9.64 Å². The minimum absolute atomic E-state index is 0.121. The summed E-state index contributed by atoms with van der Waals surface area (Å²) in [5.74, 6) is 0.536. The van der Waals surface area contributed by atoms with E-state index in [0.29, 0.717) is 11.8 Å². The van der Waals surface area contributed by atoms with Crippen molar-refractivity contribution in [3.63, 3.8) is 0 Å². The number of fused-ring (bicyclic) bond motifs is 3. The SMILES string of the molecule is O=C1N2C(=NC1(c1ccccc1)c1ccccc1)Oc1ccccc12. The van der Waals surface area contributed by atoms with Crippen LogP contribution in [0.5, 0.6) is 5.75 Å². The van der Waals surface area contributed by atoms with Crippen LogP contribution in [-0.2, 0) is 10.3 Å². The topological polar surface area (TPSA) is 41.9 Å². The maximum atomic E-state index is 13.6. The summed E-state index contributed by atoms with van der Waals surface area (Å²) in [4.78, 5) is 20.0. The minimum Gasteiger partial charge on any atom is -0.423 e. The van der Waals surface area contributed by atoms with Crippen molar-refractivity contribution < 1.29 is 9.53 Å². The van der Waals surface area contributed by atoms with Crippen molar-refractivity contribution in [3.05, 3.63) is 96.1 Å². The van der Waals surface area contributed by atoms with Gasteiger partial charge in [-0.25, -0.2) is 9.89 Å². The molecule has 0 saturated heterocycles. The first-order valence-corrected chi connectivity index (χ1v) is 8.13. The second-order valence-electron chi connectivity index (χ2n) is 6.05. The average molecular weight is 326 g/mol. The molecule has 3 aromatic rings. The van der Waals surface area contributed by atoms with Crippen molar-refractivity contribution in [1.82, 2.24) is 0 Å². The lowest BCUT2D eigenvalue weighted by Crippen LogP contribution is -2.41. The maximum Gasteiger partial charge on any atom is 0.306 e. The number of carbonyl (C=O) groups excluding carboxylic acids is 1. The number of benzene rings is 3. The van der Waals surface area contributed by atoms with E-state index in [2.05, 4.69) is 0 Å². The van der Waals surface area contributed by atoms with Crippen molar-refractivity contribution in [2.75, 3.05) is 4.90 Å². The minimum atomic E-state index is -1.12. The molecule has 1 amide bonds. The third-order valence-corrected chi connectivity index (χ3v) is 4.66. The third-order valence-electron chi connectivity index (χ3n) is 4.66. The molecule has 4 heteroatoms. The number of rotatable bonds is 2. The number of amidine groups is 1. The molecular formula is C21H14N2O2. The van der Waals surface area contributed by atoms with E-state index in [9.17, 15) is 4.79 Å². The first-order valence-electron chi connectivity index (χ1n) is 8.13. The van der Waals surface area contributed by atoms with Crippen LogP contribution >= 0.6 is 0 Å². The van der Waals surface area contributed by atoms with Gasteiger partial charge in [0.1, 0.15) is 0 Å². The van der Waals surface area contributed by atoms with Crippen LogP contribution in [-0.4, -0.2) is 11.9 Å². The fraction of sp³-hybridized carbons (Fsp3) is 0.0476. The first-order chi connectivity index (χ1) is 12.3. The van der Waals surface area contributed by atoms with E-state index in [0.717, 1.165) is 16.8 Å². The monoisotopic (exact) mass is 326 g/mol. The Morgan fingerprint density at radius 1 is 0.760 bits per heavy atom. The van der Waals surface area contributed by atoms with E-state index < -0.39 is 5.54 Å². The number of ether oxygens (including phenoxy) is 1. The van der Waals surface area contributed by atoms with Crippen LogP contribution in [0.3, 0.4) is 0 Å². The summed E-state index contributed by atoms with van der Waals surface area (Å²) >= 11 is 0. The summed E-state index contributed by atoms with van der Waals surface area (Å²) in [5, 5.41) is 0. The van der Waals surface area contributed by atoms with E-state index in [-0.39, 0.29) is 5.91 Å². The molecule has 2 aliphatic heterocycles. The van der Waals surface area contributed by atoms with Gasteiger partial charge in [-0.1, -0.05) is 72.8 Å². The lowest BCUT2D eigenvalue weighted by Gasteiger charge is -2.26. The summed E-state index contributed by atoms with van der Waals surface area (Å²) in [6.07, 6.45) is 0. The largest absolute Gasteiger partial charge is 0.423 e. The van der Waals surface area contributed by atoms with E-state index in [1.165, 1.54) is 0 Å². The molecule has 0 unspecified atom stereocenters. The summed E-state index contributed by atoms with van der Waals surface area (Å²) < 4.78 is 5.85. The Morgan fingerprint density at radius 3 is 1.96 bits per heavy atom. The van der Waals surface area contributed by atoms with Gasteiger partial charge in [-0.3, -0.25) is 4.79 Å². The Morgan fingerprint density at radius 2 is 1.32 bits per heavy atom. The van der Waals surface area contributed by atoms with Gasteiger partial charge in [0.2, 0.25) is 0 Å². The number of aliphatic imine (C=N–C) groups is 1. The van der Waals surface area contributed by atoms with E-state index in [4.69, 9.17) is 9.73 Å². The van der Waals surface area contributed by atoms with Crippen LogP contribution in [0.25, 0.3) is 0 Å². The lowest BCUT2D eigenvalue weighted by atomic mass is 9.83. The Balaban J connectivity index is 1.75. The van der Waals surface area contributed by atoms with Gasteiger partial charge in [0.25, 0.3) is 5.91 Å². The summed E-state index contributed by atoms with van der Waals surface area (Å²) in [5.41, 5.74) is 1.27. The van der Waals surface area contributed by atoms with Crippen LogP contribution in [0, 0.1) is 0 Å². The highest BCUT2D eigenvalue weighted by Crippen LogP contribution is 2.46. The van der Waals surface area contributed by atoms with Gasteiger partial charge in [0.05, 0.1) is 5.69 Å². The van der Waals surface area contributed by atoms with Gasteiger partial charge in [0.15, 0.2) is 11.3 Å². The number of anilines is 1. The molecule has 0 N–H and O–H groups in total. The van der Waals surface area contributed by atoms with Crippen LogP contribution in [0.4, 0.5) is 5.69 Å². The molecule has 4 nitrogen and oxygen atoms in total. The Bertz CT molecular complexity index is 957. The number of nitrogens with zero attached hydrogens (tertiary/aromatic N) is 2. The van der Waals surface area contributed by atoms with Crippen molar-refractivity contribution in [1.29, 1.82) is 0 Å². The van der Waals surface area contributed by atoms with Crippen molar-refractivity contribution in [2.24, 2.45) is 4.99 Å². The van der Waals surface area contributed by atoms with Crippen molar-refractivity contribution >= 4 is 17.6 Å². The number of amides is 1. The van der Waals surface area contributed by atoms with Crippen LogP contribution in [0.15, 0.2) is 89.9 Å². The van der Waals surface area contributed by atoms with E-state index >= 15 is 0 Å². The number of hydrogen-bond donors (Lipinski definition) is 0. The van der Waals surface area contributed by atoms with Gasteiger partial charge in [-0.15, -0.1) is 0 Å². The van der Waals surface area contributed by atoms with Crippen LogP contribution in [0.2, 0.25) is 0 Å². The molecule has 25 heavy (non-hydrogen) atoms.